The van der Waals surface area contributed by atoms with Crippen molar-refractivity contribution < 1.29 is 19.1 Å². The van der Waals surface area contributed by atoms with Crippen LogP contribution in [0, 0.1) is 0 Å². The van der Waals surface area contributed by atoms with Gasteiger partial charge in [-0.25, -0.2) is 0 Å². The molecule has 0 aliphatic heterocycles. The zero-order valence-corrected chi connectivity index (χ0v) is 22.0. The number of esters is 2. The van der Waals surface area contributed by atoms with Crippen molar-refractivity contribution in [2.45, 2.75) is 136 Å². The number of rotatable bonds is 24. The molecule has 194 valence electrons. The number of allylic oxidation sites excluding steroid dienone is 1. The van der Waals surface area contributed by atoms with Gasteiger partial charge in [-0.1, -0.05) is 77.9 Å². The minimum absolute atomic E-state index is 0.0724. The third-order valence-corrected chi connectivity index (χ3v) is 5.76. The Bertz CT molecular complexity index is 469. The highest BCUT2D eigenvalue weighted by molar-refractivity contribution is 5.69. The molecular formula is C28H53NO4. The lowest BCUT2D eigenvalue weighted by atomic mass is 10.0. The normalized spacial score (nSPS) is 11.4. The van der Waals surface area contributed by atoms with E-state index in [4.69, 9.17) is 9.47 Å². The van der Waals surface area contributed by atoms with Crippen molar-refractivity contribution in [2.24, 2.45) is 0 Å². The van der Waals surface area contributed by atoms with E-state index in [2.05, 4.69) is 32.2 Å². The van der Waals surface area contributed by atoms with Gasteiger partial charge >= 0.3 is 11.9 Å². The second kappa shape index (κ2) is 25.3. The van der Waals surface area contributed by atoms with E-state index in [1.165, 1.54) is 51.4 Å². The highest BCUT2D eigenvalue weighted by Crippen LogP contribution is 2.15. The molecule has 5 nitrogen and oxygen atoms in total. The minimum atomic E-state index is -0.145. The lowest BCUT2D eigenvalue weighted by Crippen LogP contribution is -2.21. The van der Waals surface area contributed by atoms with Crippen LogP contribution >= 0.6 is 0 Å². The van der Waals surface area contributed by atoms with Crippen molar-refractivity contribution in [1.82, 2.24) is 5.32 Å². The van der Waals surface area contributed by atoms with Crippen molar-refractivity contribution >= 4 is 11.9 Å². The quantitative estimate of drug-likeness (QED) is 0.0918. The van der Waals surface area contributed by atoms with Gasteiger partial charge in [0.05, 0.1) is 0 Å². The first-order chi connectivity index (χ1) is 16.1. The Morgan fingerprint density at radius 1 is 0.697 bits per heavy atom. The molecule has 0 heterocycles. The van der Waals surface area contributed by atoms with Crippen molar-refractivity contribution in [3.05, 3.63) is 12.2 Å². The number of carbonyl (C=O) groups is 2. The summed E-state index contributed by atoms with van der Waals surface area (Å²) in [6.07, 6.45) is 21.7. The largest absolute Gasteiger partial charge is 0.462 e. The third kappa shape index (κ3) is 23.6. The molecule has 5 heteroatoms. The van der Waals surface area contributed by atoms with Crippen LogP contribution in [0.25, 0.3) is 0 Å². The first-order valence-corrected chi connectivity index (χ1v) is 13.8. The van der Waals surface area contributed by atoms with Gasteiger partial charge in [0.25, 0.3) is 0 Å². The van der Waals surface area contributed by atoms with E-state index in [0.717, 1.165) is 58.0 Å². The minimum Gasteiger partial charge on any atom is -0.462 e. The van der Waals surface area contributed by atoms with Crippen LogP contribution in [0.15, 0.2) is 12.2 Å². The molecule has 0 atom stereocenters. The predicted octanol–water partition coefficient (Wildman–Crippen LogP) is 7.28. The Labute approximate surface area is 204 Å². The van der Waals surface area contributed by atoms with Crippen LogP contribution < -0.4 is 5.32 Å². The van der Waals surface area contributed by atoms with E-state index in [1.807, 2.05) is 6.08 Å². The summed E-state index contributed by atoms with van der Waals surface area (Å²) in [5.74, 6) is -0.218. The lowest BCUT2D eigenvalue weighted by Gasteiger charge is -2.18. The number of hydrogen-bond donors (Lipinski definition) is 1. The van der Waals surface area contributed by atoms with E-state index in [9.17, 15) is 9.59 Å². The molecule has 0 aromatic carbocycles. The highest BCUT2D eigenvalue weighted by atomic mass is 16.5. The van der Waals surface area contributed by atoms with Gasteiger partial charge in [0.2, 0.25) is 0 Å². The SMILES string of the molecule is CCCCCCC=CCOC(=O)CCCNCCCC(=O)OC(CCCCC)CCCCC. The van der Waals surface area contributed by atoms with Crippen LogP contribution in [-0.4, -0.2) is 37.7 Å². The molecule has 0 aliphatic rings. The first kappa shape index (κ1) is 31.6. The van der Waals surface area contributed by atoms with Crippen LogP contribution in [-0.2, 0) is 19.1 Å². The molecule has 0 rings (SSSR count). The number of carbonyl (C=O) groups excluding carboxylic acids is 2. The maximum absolute atomic E-state index is 12.2. The van der Waals surface area contributed by atoms with E-state index in [-0.39, 0.29) is 18.0 Å². The lowest BCUT2D eigenvalue weighted by molar-refractivity contribution is -0.150. The summed E-state index contributed by atoms with van der Waals surface area (Å²) >= 11 is 0. The summed E-state index contributed by atoms with van der Waals surface area (Å²) in [5.41, 5.74) is 0. The molecule has 33 heavy (non-hydrogen) atoms. The maximum Gasteiger partial charge on any atom is 0.306 e. The van der Waals surface area contributed by atoms with Gasteiger partial charge in [-0.15, -0.1) is 0 Å². The van der Waals surface area contributed by atoms with Crippen LogP contribution in [0.5, 0.6) is 0 Å². The van der Waals surface area contributed by atoms with Crippen LogP contribution in [0.2, 0.25) is 0 Å². The fourth-order valence-electron chi connectivity index (χ4n) is 3.68. The zero-order chi connectivity index (χ0) is 24.4. The fraction of sp³-hybridized carbons (Fsp3) is 0.857. The smallest absolute Gasteiger partial charge is 0.306 e. The monoisotopic (exact) mass is 467 g/mol. The molecular weight excluding hydrogens is 414 g/mol. The second-order valence-electron chi connectivity index (χ2n) is 9.06. The maximum atomic E-state index is 12.2. The number of hydrogen-bond acceptors (Lipinski definition) is 5. The van der Waals surface area contributed by atoms with E-state index < -0.39 is 0 Å². The Kier molecular flexibility index (Phi) is 24.2. The fourth-order valence-corrected chi connectivity index (χ4v) is 3.68. The molecule has 0 spiro atoms. The summed E-state index contributed by atoms with van der Waals surface area (Å²) in [7, 11) is 0. The molecule has 0 bridgehead atoms. The first-order valence-electron chi connectivity index (χ1n) is 13.8. The summed E-state index contributed by atoms with van der Waals surface area (Å²) in [6.45, 7) is 8.50. The summed E-state index contributed by atoms with van der Waals surface area (Å²) in [5, 5.41) is 3.30. The molecule has 0 aromatic heterocycles. The third-order valence-electron chi connectivity index (χ3n) is 5.76. The standard InChI is InChI=1S/C28H53NO4/c1-4-7-10-11-12-13-16-25-32-27(30)21-17-23-29-24-18-22-28(31)33-26(19-14-8-5-2)20-15-9-6-3/h13,16,26,29H,4-12,14-15,17-25H2,1-3H3. The topological polar surface area (TPSA) is 64.6 Å². The molecule has 1 N–H and O–H groups in total. The van der Waals surface area contributed by atoms with Crippen molar-refractivity contribution in [1.29, 1.82) is 0 Å². The van der Waals surface area contributed by atoms with Gasteiger partial charge < -0.3 is 14.8 Å². The summed E-state index contributed by atoms with van der Waals surface area (Å²) in [6, 6.07) is 0. The molecule has 0 amide bonds. The van der Waals surface area contributed by atoms with Crippen molar-refractivity contribution in [2.75, 3.05) is 19.7 Å². The van der Waals surface area contributed by atoms with Crippen LogP contribution in [0.1, 0.15) is 130 Å². The van der Waals surface area contributed by atoms with Gasteiger partial charge in [-0.3, -0.25) is 9.59 Å². The molecule has 0 saturated carbocycles. The molecule has 0 saturated heterocycles. The van der Waals surface area contributed by atoms with Crippen LogP contribution in [0.4, 0.5) is 0 Å². The van der Waals surface area contributed by atoms with Crippen LogP contribution in [0.3, 0.4) is 0 Å². The van der Waals surface area contributed by atoms with E-state index in [1.54, 1.807) is 0 Å². The van der Waals surface area contributed by atoms with E-state index >= 15 is 0 Å². The Balaban J connectivity index is 3.69. The average Bonchev–Trinajstić information content (AvgIpc) is 2.80. The number of unbranched alkanes of at least 4 members (excludes halogenated alkanes) is 8. The molecule has 0 fully saturated rings. The zero-order valence-electron chi connectivity index (χ0n) is 22.0. The van der Waals surface area contributed by atoms with Gasteiger partial charge in [0, 0.05) is 12.8 Å². The summed E-state index contributed by atoms with van der Waals surface area (Å²) < 4.78 is 11.0. The van der Waals surface area contributed by atoms with Gasteiger partial charge in [0.15, 0.2) is 0 Å². The van der Waals surface area contributed by atoms with Gasteiger partial charge in [-0.05, 0) is 64.5 Å². The summed E-state index contributed by atoms with van der Waals surface area (Å²) in [4.78, 5) is 23.9. The molecule has 0 radical (unpaired) electrons. The molecule has 0 aromatic rings. The molecule has 0 aliphatic carbocycles. The average molecular weight is 468 g/mol. The predicted molar refractivity (Wildman–Crippen MR) is 138 cm³/mol. The Morgan fingerprint density at radius 3 is 1.88 bits per heavy atom. The Morgan fingerprint density at radius 2 is 1.27 bits per heavy atom. The van der Waals surface area contributed by atoms with Gasteiger partial charge in [-0.2, -0.15) is 0 Å². The molecule has 0 unspecified atom stereocenters. The van der Waals surface area contributed by atoms with Crippen molar-refractivity contribution in [3.63, 3.8) is 0 Å². The van der Waals surface area contributed by atoms with Gasteiger partial charge in [0.1, 0.15) is 12.7 Å². The number of nitrogens with one attached hydrogen (secondary N) is 1. The number of ether oxygens (including phenoxy) is 2. The Hall–Kier alpha value is -1.36. The highest BCUT2D eigenvalue weighted by Gasteiger charge is 2.13. The van der Waals surface area contributed by atoms with E-state index in [0.29, 0.717) is 19.4 Å². The van der Waals surface area contributed by atoms with Crippen molar-refractivity contribution in [3.8, 4) is 0 Å². The second-order valence-corrected chi connectivity index (χ2v) is 9.06.